The molecule has 2 N–H and O–H groups in total. The molecule has 0 saturated heterocycles. The Morgan fingerprint density at radius 2 is 1.00 bits per heavy atom. The number of hydrogen-bond acceptors (Lipinski definition) is 6. The fourth-order valence-corrected chi connectivity index (χ4v) is 1.78. The van der Waals surface area contributed by atoms with Gasteiger partial charge in [-0.05, 0) is 37.5 Å². The highest BCUT2D eigenvalue weighted by Crippen LogP contribution is 2.05. The smallest absolute Gasteiger partial charge is 0.305 e. The quantitative estimate of drug-likeness (QED) is 0.356. The number of hydrogen-bond donors (Lipinski definition) is 2. The highest BCUT2D eigenvalue weighted by Gasteiger charge is 2.07. The minimum absolute atomic E-state index is 0.181. The van der Waals surface area contributed by atoms with Crippen molar-refractivity contribution in [1.82, 2.24) is 0 Å². The van der Waals surface area contributed by atoms with Crippen molar-refractivity contribution < 1.29 is 29.3 Å². The van der Waals surface area contributed by atoms with Crippen LogP contribution < -0.4 is 0 Å². The predicted octanol–water partition coefficient (Wildman–Crippen LogP) is 3.48. The topological polar surface area (TPSA) is 93.1 Å². The van der Waals surface area contributed by atoms with E-state index < -0.39 is 0 Å². The van der Waals surface area contributed by atoms with Gasteiger partial charge in [-0.3, -0.25) is 9.59 Å². The first-order chi connectivity index (χ1) is 12.3. The van der Waals surface area contributed by atoms with Gasteiger partial charge < -0.3 is 19.7 Å². The summed E-state index contributed by atoms with van der Waals surface area (Å²) in [6.07, 6.45) is 5.93. The van der Waals surface area contributed by atoms with Gasteiger partial charge in [-0.15, -0.1) is 0 Å². The van der Waals surface area contributed by atoms with Crippen LogP contribution >= 0.6 is 0 Å². The van der Waals surface area contributed by atoms with Crippen molar-refractivity contribution in [2.45, 2.75) is 79.1 Å². The zero-order chi connectivity index (χ0) is 20.2. The van der Waals surface area contributed by atoms with Crippen LogP contribution in [0, 0.1) is 11.8 Å². The summed E-state index contributed by atoms with van der Waals surface area (Å²) in [5, 5.41) is 16.6. The molecule has 0 radical (unpaired) electrons. The minimum atomic E-state index is -0.181. The molecule has 0 rings (SSSR count). The van der Waals surface area contributed by atoms with E-state index in [0.717, 1.165) is 25.7 Å². The highest BCUT2D eigenvalue weighted by molar-refractivity contribution is 5.70. The lowest BCUT2D eigenvalue weighted by atomic mass is 10.2. The van der Waals surface area contributed by atoms with Gasteiger partial charge in [0.25, 0.3) is 0 Å². The second-order valence-corrected chi connectivity index (χ2v) is 7.22. The average Bonchev–Trinajstić information content (AvgIpc) is 2.59. The van der Waals surface area contributed by atoms with E-state index in [-0.39, 0.29) is 25.2 Å². The number of aliphatic hydroxyl groups is 2. The Labute approximate surface area is 159 Å². The van der Waals surface area contributed by atoms with E-state index >= 15 is 0 Å². The maximum atomic E-state index is 11.3. The molecular formula is C20H40O6. The molecule has 0 fully saturated rings. The van der Waals surface area contributed by atoms with E-state index in [0.29, 0.717) is 50.7 Å². The fourth-order valence-electron chi connectivity index (χ4n) is 1.78. The third-order valence-corrected chi connectivity index (χ3v) is 3.23. The molecule has 0 aliphatic rings. The molecule has 0 atom stereocenters. The van der Waals surface area contributed by atoms with Crippen LogP contribution in [0.4, 0.5) is 0 Å². The molecule has 0 spiro atoms. The van der Waals surface area contributed by atoms with Gasteiger partial charge in [-0.25, -0.2) is 0 Å². The van der Waals surface area contributed by atoms with Crippen molar-refractivity contribution in [3.05, 3.63) is 0 Å². The van der Waals surface area contributed by atoms with Gasteiger partial charge in [0.15, 0.2) is 0 Å². The largest absolute Gasteiger partial charge is 0.465 e. The van der Waals surface area contributed by atoms with Gasteiger partial charge in [-0.1, -0.05) is 40.5 Å². The average molecular weight is 377 g/mol. The van der Waals surface area contributed by atoms with Crippen molar-refractivity contribution in [2.24, 2.45) is 11.8 Å². The van der Waals surface area contributed by atoms with Crippen molar-refractivity contribution in [3.8, 4) is 0 Å². The Balaban J connectivity index is 0. The van der Waals surface area contributed by atoms with E-state index in [1.165, 1.54) is 0 Å². The molecule has 0 saturated carbocycles. The summed E-state index contributed by atoms with van der Waals surface area (Å²) >= 11 is 0. The normalized spacial score (nSPS) is 10.5. The molecule has 0 aliphatic carbocycles. The molecule has 0 aliphatic heterocycles. The zero-order valence-corrected chi connectivity index (χ0v) is 17.2. The molecule has 0 heterocycles. The van der Waals surface area contributed by atoms with Crippen LogP contribution in [0.1, 0.15) is 79.1 Å². The van der Waals surface area contributed by atoms with E-state index in [1.807, 2.05) is 27.7 Å². The predicted molar refractivity (Wildman–Crippen MR) is 103 cm³/mol. The number of aliphatic hydroxyl groups excluding tert-OH is 2. The summed E-state index contributed by atoms with van der Waals surface area (Å²) in [7, 11) is 0. The maximum Gasteiger partial charge on any atom is 0.305 e. The third kappa shape index (κ3) is 25.1. The lowest BCUT2D eigenvalue weighted by Crippen LogP contribution is -2.11. The molecule has 0 amide bonds. The third-order valence-electron chi connectivity index (χ3n) is 3.23. The van der Waals surface area contributed by atoms with Gasteiger partial charge in [0.05, 0.1) is 13.2 Å². The minimum Gasteiger partial charge on any atom is -0.465 e. The molecule has 0 aromatic carbocycles. The van der Waals surface area contributed by atoms with E-state index in [2.05, 4.69) is 0 Å². The Morgan fingerprint density at radius 3 is 1.27 bits per heavy atom. The number of esters is 2. The molecule has 6 heteroatoms. The van der Waals surface area contributed by atoms with Crippen LogP contribution in [0.15, 0.2) is 0 Å². The van der Waals surface area contributed by atoms with Crippen LogP contribution in [0.2, 0.25) is 0 Å². The Hall–Kier alpha value is -1.14. The monoisotopic (exact) mass is 376 g/mol. The van der Waals surface area contributed by atoms with Crippen LogP contribution in [0.25, 0.3) is 0 Å². The molecule has 156 valence electrons. The first-order valence-corrected chi connectivity index (χ1v) is 9.86. The fraction of sp³-hybridized carbons (Fsp3) is 0.900. The first kappa shape index (κ1) is 27.1. The molecule has 0 bridgehead atoms. The number of carbonyl (C=O) groups is 2. The summed E-state index contributed by atoms with van der Waals surface area (Å²) < 4.78 is 10.1. The van der Waals surface area contributed by atoms with Gasteiger partial charge in [-0.2, -0.15) is 0 Å². The second kappa shape index (κ2) is 20.2. The number of carbonyl (C=O) groups excluding carboxylic acids is 2. The lowest BCUT2D eigenvalue weighted by Gasteiger charge is -2.08. The SMILES string of the molecule is CC(C)COC(=O)CCCCC(=O)OCC(C)C.OCCCCCCO. The van der Waals surface area contributed by atoms with Crippen molar-refractivity contribution in [3.63, 3.8) is 0 Å². The van der Waals surface area contributed by atoms with Crippen LogP contribution in [-0.2, 0) is 19.1 Å². The van der Waals surface area contributed by atoms with Gasteiger partial charge >= 0.3 is 11.9 Å². The van der Waals surface area contributed by atoms with E-state index in [9.17, 15) is 9.59 Å². The highest BCUT2D eigenvalue weighted by atomic mass is 16.5. The summed E-state index contributed by atoms with van der Waals surface area (Å²) in [5.41, 5.74) is 0. The van der Waals surface area contributed by atoms with E-state index in [1.54, 1.807) is 0 Å². The Bertz CT molecular complexity index is 296. The number of rotatable bonds is 14. The molecule has 26 heavy (non-hydrogen) atoms. The molecule has 0 aromatic heterocycles. The van der Waals surface area contributed by atoms with Crippen molar-refractivity contribution in [1.29, 1.82) is 0 Å². The van der Waals surface area contributed by atoms with Crippen molar-refractivity contribution >= 4 is 11.9 Å². The number of unbranched alkanes of at least 4 members (excludes halogenated alkanes) is 4. The van der Waals surface area contributed by atoms with Gasteiger partial charge in [0, 0.05) is 26.1 Å². The molecular weight excluding hydrogens is 336 g/mol. The second-order valence-electron chi connectivity index (χ2n) is 7.22. The lowest BCUT2D eigenvalue weighted by molar-refractivity contribution is -0.147. The van der Waals surface area contributed by atoms with Crippen LogP contribution in [0.3, 0.4) is 0 Å². The van der Waals surface area contributed by atoms with Gasteiger partial charge in [0.1, 0.15) is 0 Å². The van der Waals surface area contributed by atoms with Crippen molar-refractivity contribution in [2.75, 3.05) is 26.4 Å². The summed E-state index contributed by atoms with van der Waals surface area (Å²) in [5.74, 6) is 0.360. The van der Waals surface area contributed by atoms with Crippen LogP contribution in [-0.4, -0.2) is 48.6 Å². The Kier molecular flexibility index (Phi) is 21.0. The molecule has 6 nitrogen and oxygen atoms in total. The standard InChI is InChI=1S/C14H26O4.C6H14O2/c1-11(2)9-17-13(15)7-5-6-8-14(16)18-10-12(3)4;7-5-3-1-2-4-6-8/h11-12H,5-10H2,1-4H3;7-8H,1-6H2. The van der Waals surface area contributed by atoms with Crippen LogP contribution in [0.5, 0.6) is 0 Å². The van der Waals surface area contributed by atoms with E-state index in [4.69, 9.17) is 19.7 Å². The van der Waals surface area contributed by atoms with Gasteiger partial charge in [0.2, 0.25) is 0 Å². The molecule has 0 aromatic rings. The number of ether oxygens (including phenoxy) is 2. The maximum absolute atomic E-state index is 11.3. The Morgan fingerprint density at radius 1 is 0.654 bits per heavy atom. The first-order valence-electron chi connectivity index (χ1n) is 9.86. The summed E-state index contributed by atoms with van der Waals surface area (Å²) in [4.78, 5) is 22.5. The summed E-state index contributed by atoms with van der Waals surface area (Å²) in [6, 6.07) is 0. The summed E-state index contributed by atoms with van der Waals surface area (Å²) in [6.45, 7) is 9.49. The molecule has 0 unspecified atom stereocenters. The zero-order valence-electron chi connectivity index (χ0n) is 17.2.